The van der Waals surface area contributed by atoms with Gasteiger partial charge in [0.15, 0.2) is 0 Å². The largest absolute Gasteiger partial charge is 0.393 e. The van der Waals surface area contributed by atoms with E-state index in [1.54, 1.807) is 7.11 Å². The van der Waals surface area contributed by atoms with Crippen LogP contribution < -0.4 is 0 Å². The van der Waals surface area contributed by atoms with Gasteiger partial charge in [-0.15, -0.1) is 0 Å². The van der Waals surface area contributed by atoms with Gasteiger partial charge < -0.3 is 14.4 Å². The maximum Gasteiger partial charge on any atom is 0.104 e. The third-order valence-corrected chi connectivity index (χ3v) is 3.26. The van der Waals surface area contributed by atoms with Crippen molar-refractivity contribution in [3.05, 3.63) is 0 Å². The van der Waals surface area contributed by atoms with Gasteiger partial charge in [0.1, 0.15) is 5.85 Å². The predicted molar refractivity (Wildman–Crippen MR) is 49.4 cm³/mol. The molecule has 0 amide bonds. The van der Waals surface area contributed by atoms with E-state index in [9.17, 15) is 5.11 Å². The molecule has 0 aliphatic carbocycles. The van der Waals surface area contributed by atoms with E-state index < -0.39 is 0 Å². The molecule has 0 aromatic rings. The van der Waals surface area contributed by atoms with Crippen LogP contribution in [0.4, 0.5) is 0 Å². The molecule has 0 bridgehead atoms. The number of hydrogen-bond donors (Lipinski definition) is 1. The normalized spacial score (nSPS) is 39.5. The second kappa shape index (κ2) is 4.52. The first-order valence-electron chi connectivity index (χ1n) is 4.27. The topological polar surface area (TPSA) is 38.7 Å². The highest BCUT2D eigenvalue weighted by Gasteiger charge is 2.35. The average Bonchev–Trinajstić information content (AvgIpc) is 2.32. The number of aliphatic hydroxyl groups excluding tert-OH is 1. The molecule has 1 rings (SSSR count). The van der Waals surface area contributed by atoms with Crippen molar-refractivity contribution in [2.75, 3.05) is 7.11 Å². The number of hydrogen-bond acceptors (Lipinski definition) is 3. The Morgan fingerprint density at radius 1 is 1.67 bits per heavy atom. The van der Waals surface area contributed by atoms with Crippen LogP contribution in [0.25, 0.3) is 0 Å². The lowest BCUT2D eigenvalue weighted by atomic mass is 10.0. The molecule has 1 fully saturated rings. The molecule has 1 heterocycles. The predicted octanol–water partition coefficient (Wildman–Crippen LogP) is 1.36. The maximum atomic E-state index is 9.44. The molecule has 0 saturated carbocycles. The minimum absolute atomic E-state index is 0.102. The third-order valence-electron chi connectivity index (χ3n) is 2.23. The maximum absolute atomic E-state index is 9.44. The van der Waals surface area contributed by atoms with Gasteiger partial charge in [0.05, 0.1) is 12.2 Å². The summed E-state index contributed by atoms with van der Waals surface area (Å²) in [6.45, 7) is 3.86. The fourth-order valence-corrected chi connectivity index (χ4v) is 2.70. The zero-order valence-electron chi connectivity index (χ0n) is 7.78. The minimum Gasteiger partial charge on any atom is -0.393 e. The first-order valence-corrected chi connectivity index (χ1v) is 5.25. The minimum atomic E-state index is -0.289. The summed E-state index contributed by atoms with van der Waals surface area (Å²) in [5.74, 6) is 0.350. The van der Waals surface area contributed by atoms with Gasteiger partial charge >= 0.3 is 0 Å². The molecule has 72 valence electrons. The Balaban J connectivity index is 2.47. The van der Waals surface area contributed by atoms with Crippen LogP contribution in [0.15, 0.2) is 0 Å². The fourth-order valence-electron chi connectivity index (χ4n) is 1.59. The molecule has 0 aromatic heterocycles. The summed E-state index contributed by atoms with van der Waals surface area (Å²) >= 11 is 0. The van der Waals surface area contributed by atoms with Crippen molar-refractivity contribution in [3.63, 3.8) is 0 Å². The summed E-state index contributed by atoms with van der Waals surface area (Å²) in [4.78, 5) is 0. The van der Waals surface area contributed by atoms with Crippen LogP contribution in [0.1, 0.15) is 20.3 Å². The molecule has 0 radical (unpaired) electrons. The molecular weight excluding hydrogens is 175 g/mol. The second-order valence-electron chi connectivity index (χ2n) is 3.33. The monoisotopic (exact) mass is 192 g/mol. The van der Waals surface area contributed by atoms with Gasteiger partial charge in [-0.2, -0.15) is 0 Å². The van der Waals surface area contributed by atoms with Gasteiger partial charge in [-0.25, -0.2) is 0 Å². The van der Waals surface area contributed by atoms with E-state index in [4.69, 9.17) is 9.26 Å². The summed E-state index contributed by atoms with van der Waals surface area (Å²) in [6, 6.07) is 0. The molecule has 1 saturated heterocycles. The van der Waals surface area contributed by atoms with Gasteiger partial charge in [-0.05, 0) is 20.3 Å². The highest BCUT2D eigenvalue weighted by Crippen LogP contribution is 2.39. The summed E-state index contributed by atoms with van der Waals surface area (Å²) in [7, 11) is 2.02. The van der Waals surface area contributed by atoms with Crippen LogP contribution >= 0.6 is 8.81 Å². The first-order chi connectivity index (χ1) is 5.65. The summed E-state index contributed by atoms with van der Waals surface area (Å²) in [5, 5.41) is 9.44. The molecule has 3 nitrogen and oxygen atoms in total. The van der Waals surface area contributed by atoms with Crippen molar-refractivity contribution in [2.24, 2.45) is 5.92 Å². The molecular formula is C8H17O3P. The highest BCUT2D eigenvalue weighted by atomic mass is 31.1. The first kappa shape index (κ1) is 10.4. The zero-order valence-corrected chi connectivity index (χ0v) is 8.78. The Kier molecular flexibility index (Phi) is 3.91. The fraction of sp³-hybridized carbons (Fsp3) is 1.00. The van der Waals surface area contributed by atoms with Crippen LogP contribution in [0, 0.1) is 5.92 Å². The molecule has 4 unspecified atom stereocenters. The van der Waals surface area contributed by atoms with E-state index in [1.165, 1.54) is 0 Å². The average molecular weight is 192 g/mol. The van der Waals surface area contributed by atoms with Gasteiger partial charge in [0.2, 0.25) is 0 Å². The summed E-state index contributed by atoms with van der Waals surface area (Å²) < 4.78 is 10.6. The standard InChI is InChI=1S/C8H17O3P/c1-5-4-7(6(2)9)8(11-5)12-10-3/h5-9,12H,4H2,1-3H3/t5?,6?,7-,8?/m1/s1. The molecule has 5 atom stereocenters. The molecule has 4 heteroatoms. The van der Waals surface area contributed by atoms with Crippen molar-refractivity contribution >= 4 is 8.81 Å². The summed E-state index contributed by atoms with van der Waals surface area (Å²) in [6.07, 6.45) is 0.915. The van der Waals surface area contributed by atoms with Crippen LogP contribution in [0.3, 0.4) is 0 Å². The lowest BCUT2D eigenvalue weighted by Gasteiger charge is -2.19. The molecule has 0 spiro atoms. The van der Waals surface area contributed by atoms with Gasteiger partial charge in [-0.3, -0.25) is 0 Å². The Bertz CT molecular complexity index is 140. The van der Waals surface area contributed by atoms with Crippen molar-refractivity contribution < 1.29 is 14.4 Å². The van der Waals surface area contributed by atoms with Crippen molar-refractivity contribution in [3.8, 4) is 0 Å². The molecule has 12 heavy (non-hydrogen) atoms. The molecule has 1 N–H and O–H groups in total. The van der Waals surface area contributed by atoms with Gasteiger partial charge in [0.25, 0.3) is 0 Å². The van der Waals surface area contributed by atoms with Crippen molar-refractivity contribution in [1.82, 2.24) is 0 Å². The number of aliphatic hydroxyl groups is 1. The van der Waals surface area contributed by atoms with Crippen LogP contribution in [0.2, 0.25) is 0 Å². The number of rotatable bonds is 3. The lowest BCUT2D eigenvalue weighted by molar-refractivity contribution is 0.0627. The van der Waals surface area contributed by atoms with E-state index in [0.29, 0.717) is 8.81 Å². The van der Waals surface area contributed by atoms with Crippen LogP contribution in [0.5, 0.6) is 0 Å². The van der Waals surface area contributed by atoms with E-state index in [0.717, 1.165) is 6.42 Å². The SMILES string of the molecule is COPC1OC(C)C[C@@H]1C(C)O. The Hall–Kier alpha value is 0.310. The second-order valence-corrected chi connectivity index (χ2v) is 4.54. The van der Waals surface area contributed by atoms with Gasteiger partial charge in [-0.1, -0.05) is 0 Å². The smallest absolute Gasteiger partial charge is 0.104 e. The van der Waals surface area contributed by atoms with E-state index in [-0.39, 0.29) is 24.0 Å². The molecule has 0 aromatic carbocycles. The van der Waals surface area contributed by atoms with Gasteiger partial charge in [0, 0.05) is 21.8 Å². The quantitative estimate of drug-likeness (QED) is 0.686. The van der Waals surface area contributed by atoms with E-state index in [1.807, 2.05) is 13.8 Å². The number of ether oxygens (including phenoxy) is 1. The van der Waals surface area contributed by atoms with Crippen LogP contribution in [-0.4, -0.2) is 30.3 Å². The Labute approximate surface area is 75.3 Å². The van der Waals surface area contributed by atoms with Crippen molar-refractivity contribution in [2.45, 2.75) is 38.3 Å². The molecule has 1 aliphatic rings. The van der Waals surface area contributed by atoms with E-state index >= 15 is 0 Å². The summed E-state index contributed by atoms with van der Waals surface area (Å²) in [5.41, 5.74) is 0. The highest BCUT2D eigenvalue weighted by molar-refractivity contribution is 7.32. The lowest BCUT2D eigenvalue weighted by Crippen LogP contribution is -2.22. The Morgan fingerprint density at radius 2 is 2.33 bits per heavy atom. The van der Waals surface area contributed by atoms with Crippen LogP contribution in [-0.2, 0) is 9.26 Å². The van der Waals surface area contributed by atoms with Crippen molar-refractivity contribution in [1.29, 1.82) is 0 Å². The Morgan fingerprint density at radius 3 is 2.83 bits per heavy atom. The van der Waals surface area contributed by atoms with E-state index in [2.05, 4.69) is 0 Å². The zero-order chi connectivity index (χ0) is 9.14. The molecule has 1 aliphatic heterocycles. The third kappa shape index (κ3) is 2.40.